The van der Waals surface area contributed by atoms with Crippen LogP contribution in [0.25, 0.3) is 0 Å². The van der Waals surface area contributed by atoms with Crippen molar-refractivity contribution >= 4 is 17.2 Å². The van der Waals surface area contributed by atoms with Crippen LogP contribution >= 0.6 is 12.2 Å². The van der Waals surface area contributed by atoms with Gasteiger partial charge in [-0.3, -0.25) is 4.90 Å². The second-order valence-electron chi connectivity index (χ2n) is 5.19. The van der Waals surface area contributed by atoms with Gasteiger partial charge in [0.05, 0.1) is 11.0 Å². The fraction of sp³-hybridized carbons (Fsp3) is 0.533. The lowest BCUT2D eigenvalue weighted by Gasteiger charge is -2.38. The highest BCUT2D eigenvalue weighted by Crippen LogP contribution is 2.23. The molecule has 0 aromatic heterocycles. The molecule has 4 heteroatoms. The SMILES string of the molecule is CCN1CCN(C(C(N)=S)c2cccc(C)c2)CC1. The molecule has 2 rings (SSSR count). The molecule has 0 radical (unpaired) electrons. The minimum Gasteiger partial charge on any atom is -0.392 e. The van der Waals surface area contributed by atoms with Crippen LogP contribution in [-0.2, 0) is 0 Å². The third-order valence-corrected chi connectivity index (χ3v) is 4.07. The highest BCUT2D eigenvalue weighted by Gasteiger charge is 2.26. The normalized spacial score (nSPS) is 19.3. The number of piperazine rings is 1. The molecule has 1 aliphatic rings. The number of hydrogen-bond acceptors (Lipinski definition) is 3. The minimum atomic E-state index is 0.0777. The molecule has 2 N–H and O–H groups in total. The van der Waals surface area contributed by atoms with Crippen LogP contribution in [0.5, 0.6) is 0 Å². The van der Waals surface area contributed by atoms with E-state index in [9.17, 15) is 0 Å². The van der Waals surface area contributed by atoms with Gasteiger partial charge in [-0.15, -0.1) is 0 Å². The molecule has 0 saturated carbocycles. The Morgan fingerprint density at radius 1 is 1.32 bits per heavy atom. The fourth-order valence-electron chi connectivity index (χ4n) is 2.73. The number of nitrogens with two attached hydrogens (primary N) is 1. The van der Waals surface area contributed by atoms with Crippen LogP contribution < -0.4 is 5.73 Å². The fourth-order valence-corrected chi connectivity index (χ4v) is 3.02. The zero-order valence-corrected chi connectivity index (χ0v) is 12.6. The van der Waals surface area contributed by atoms with Crippen LogP contribution in [-0.4, -0.2) is 47.5 Å². The summed E-state index contributed by atoms with van der Waals surface area (Å²) in [6, 6.07) is 8.58. The van der Waals surface area contributed by atoms with E-state index < -0.39 is 0 Å². The van der Waals surface area contributed by atoms with Crippen molar-refractivity contribution in [2.45, 2.75) is 19.9 Å². The molecule has 1 unspecified atom stereocenters. The molecular weight excluding hydrogens is 254 g/mol. The maximum atomic E-state index is 5.99. The average molecular weight is 277 g/mol. The van der Waals surface area contributed by atoms with E-state index in [1.54, 1.807) is 0 Å². The quantitative estimate of drug-likeness (QED) is 0.853. The zero-order valence-electron chi connectivity index (χ0n) is 11.8. The van der Waals surface area contributed by atoms with Gasteiger partial charge in [-0.25, -0.2) is 0 Å². The number of likely N-dealkylation sites (N-methyl/N-ethyl adjacent to an activating group) is 1. The van der Waals surface area contributed by atoms with Crippen LogP contribution in [0.2, 0.25) is 0 Å². The van der Waals surface area contributed by atoms with Gasteiger partial charge in [0.15, 0.2) is 0 Å². The Labute approximate surface area is 121 Å². The Balaban J connectivity index is 2.15. The Hall–Kier alpha value is -0.970. The summed E-state index contributed by atoms with van der Waals surface area (Å²) < 4.78 is 0. The summed E-state index contributed by atoms with van der Waals surface area (Å²) in [6.07, 6.45) is 0. The maximum absolute atomic E-state index is 5.99. The number of thiocarbonyl (C=S) groups is 1. The number of hydrogen-bond donors (Lipinski definition) is 1. The maximum Gasteiger partial charge on any atom is 0.0948 e. The molecule has 0 amide bonds. The summed E-state index contributed by atoms with van der Waals surface area (Å²) in [5.41, 5.74) is 8.47. The third kappa shape index (κ3) is 3.53. The molecular formula is C15H23N3S. The van der Waals surface area contributed by atoms with Gasteiger partial charge in [-0.05, 0) is 19.0 Å². The molecule has 1 aromatic rings. The first-order valence-corrected chi connectivity index (χ1v) is 7.35. The summed E-state index contributed by atoms with van der Waals surface area (Å²) in [5.74, 6) is 0. The van der Waals surface area contributed by atoms with E-state index in [1.165, 1.54) is 11.1 Å². The molecule has 0 aliphatic carbocycles. The molecule has 104 valence electrons. The molecule has 1 aliphatic heterocycles. The van der Waals surface area contributed by atoms with E-state index in [0.717, 1.165) is 32.7 Å². The molecule has 1 heterocycles. The van der Waals surface area contributed by atoms with Crippen molar-refractivity contribution in [1.29, 1.82) is 0 Å². The molecule has 0 bridgehead atoms. The van der Waals surface area contributed by atoms with Crippen LogP contribution in [0.4, 0.5) is 0 Å². The van der Waals surface area contributed by atoms with E-state index in [0.29, 0.717) is 4.99 Å². The molecule has 0 spiro atoms. The summed E-state index contributed by atoms with van der Waals surface area (Å²) in [6.45, 7) is 9.70. The van der Waals surface area contributed by atoms with E-state index >= 15 is 0 Å². The van der Waals surface area contributed by atoms with Crippen molar-refractivity contribution in [3.8, 4) is 0 Å². The zero-order chi connectivity index (χ0) is 13.8. The standard InChI is InChI=1S/C15H23N3S/c1-3-17-7-9-18(10-8-17)14(15(16)19)13-6-4-5-12(2)11-13/h4-6,11,14H,3,7-10H2,1-2H3,(H2,16,19). The molecule has 3 nitrogen and oxygen atoms in total. The molecule has 1 saturated heterocycles. The largest absolute Gasteiger partial charge is 0.392 e. The highest BCUT2D eigenvalue weighted by molar-refractivity contribution is 7.80. The molecule has 1 aromatic carbocycles. The Kier molecular flexibility index (Phi) is 4.91. The number of nitrogens with zero attached hydrogens (tertiary/aromatic N) is 2. The van der Waals surface area contributed by atoms with Crippen LogP contribution in [0.3, 0.4) is 0 Å². The lowest BCUT2D eigenvalue weighted by molar-refractivity contribution is 0.122. The summed E-state index contributed by atoms with van der Waals surface area (Å²) >= 11 is 5.30. The Bertz CT molecular complexity index is 439. The van der Waals surface area contributed by atoms with Gasteiger partial charge in [0.1, 0.15) is 0 Å². The van der Waals surface area contributed by atoms with Crippen molar-refractivity contribution in [2.24, 2.45) is 5.73 Å². The average Bonchev–Trinajstić information content (AvgIpc) is 2.39. The van der Waals surface area contributed by atoms with Crippen molar-refractivity contribution in [2.75, 3.05) is 32.7 Å². The van der Waals surface area contributed by atoms with Gasteiger partial charge in [0, 0.05) is 26.2 Å². The Morgan fingerprint density at radius 3 is 2.53 bits per heavy atom. The van der Waals surface area contributed by atoms with Crippen molar-refractivity contribution in [1.82, 2.24) is 9.80 Å². The monoisotopic (exact) mass is 277 g/mol. The van der Waals surface area contributed by atoms with Gasteiger partial charge < -0.3 is 10.6 Å². The van der Waals surface area contributed by atoms with Gasteiger partial charge >= 0.3 is 0 Å². The predicted octanol–water partition coefficient (Wildman–Crippen LogP) is 1.96. The van der Waals surface area contributed by atoms with E-state index in [1.807, 2.05) is 0 Å². The molecule has 1 atom stereocenters. The predicted molar refractivity (Wildman–Crippen MR) is 84.4 cm³/mol. The molecule has 1 fully saturated rings. The van der Waals surface area contributed by atoms with Gasteiger partial charge in [-0.1, -0.05) is 49.0 Å². The number of aryl methyl sites for hydroxylation is 1. The lowest BCUT2D eigenvalue weighted by atomic mass is 10.0. The summed E-state index contributed by atoms with van der Waals surface area (Å²) in [5, 5.41) is 0. The van der Waals surface area contributed by atoms with Gasteiger partial charge in [-0.2, -0.15) is 0 Å². The summed E-state index contributed by atoms with van der Waals surface area (Å²) in [4.78, 5) is 5.45. The summed E-state index contributed by atoms with van der Waals surface area (Å²) in [7, 11) is 0. The van der Waals surface area contributed by atoms with Crippen LogP contribution in [0.15, 0.2) is 24.3 Å². The number of rotatable bonds is 4. The van der Waals surface area contributed by atoms with Crippen molar-refractivity contribution in [3.63, 3.8) is 0 Å². The smallest absolute Gasteiger partial charge is 0.0948 e. The van der Waals surface area contributed by atoms with Crippen LogP contribution in [0, 0.1) is 6.92 Å². The third-order valence-electron chi connectivity index (χ3n) is 3.85. The van der Waals surface area contributed by atoms with E-state index in [-0.39, 0.29) is 6.04 Å². The van der Waals surface area contributed by atoms with E-state index in [2.05, 4.69) is 47.9 Å². The second-order valence-corrected chi connectivity index (χ2v) is 5.66. The topological polar surface area (TPSA) is 32.5 Å². The Morgan fingerprint density at radius 2 is 2.00 bits per heavy atom. The van der Waals surface area contributed by atoms with Crippen molar-refractivity contribution in [3.05, 3.63) is 35.4 Å². The molecule has 19 heavy (non-hydrogen) atoms. The van der Waals surface area contributed by atoms with Gasteiger partial charge in [0.2, 0.25) is 0 Å². The van der Waals surface area contributed by atoms with Gasteiger partial charge in [0.25, 0.3) is 0 Å². The second kappa shape index (κ2) is 6.46. The first kappa shape index (κ1) is 14.4. The number of benzene rings is 1. The van der Waals surface area contributed by atoms with Crippen LogP contribution in [0.1, 0.15) is 24.1 Å². The first-order valence-electron chi connectivity index (χ1n) is 6.94. The minimum absolute atomic E-state index is 0.0777. The lowest BCUT2D eigenvalue weighted by Crippen LogP contribution is -2.49. The highest BCUT2D eigenvalue weighted by atomic mass is 32.1. The first-order chi connectivity index (χ1) is 9.11. The van der Waals surface area contributed by atoms with E-state index in [4.69, 9.17) is 18.0 Å². The van der Waals surface area contributed by atoms with Crippen molar-refractivity contribution < 1.29 is 0 Å².